The van der Waals surface area contributed by atoms with Gasteiger partial charge in [-0.2, -0.15) is 0 Å². The fourth-order valence-electron chi connectivity index (χ4n) is 4.88. The van der Waals surface area contributed by atoms with Gasteiger partial charge in [0.15, 0.2) is 23.2 Å². The number of fused-ring (bicyclic) bond motifs is 1. The van der Waals surface area contributed by atoms with Gasteiger partial charge in [0.05, 0.1) is 18.3 Å². The number of aliphatic hydroxyl groups is 5. The molecule has 14 nitrogen and oxygen atoms in total. The van der Waals surface area contributed by atoms with Crippen LogP contribution in [0.1, 0.15) is 18.6 Å². The Bertz CT molecular complexity index is 1470. The van der Waals surface area contributed by atoms with Crippen molar-refractivity contribution in [1.82, 2.24) is 0 Å². The maximum absolute atomic E-state index is 13.1. The van der Waals surface area contributed by atoms with E-state index in [1.54, 1.807) is 0 Å². The van der Waals surface area contributed by atoms with Crippen LogP contribution >= 0.6 is 0 Å². The van der Waals surface area contributed by atoms with E-state index in [1.807, 2.05) is 0 Å². The molecule has 0 saturated carbocycles. The fraction of sp³-hybridized carbons (Fsp3) is 0.423. The molecule has 2 aliphatic heterocycles. The number of hydrogen-bond donors (Lipinski definition) is 9. The highest BCUT2D eigenvalue weighted by Crippen LogP contribution is 2.45. The zero-order chi connectivity index (χ0) is 29.0. The van der Waals surface area contributed by atoms with Crippen molar-refractivity contribution in [2.45, 2.75) is 62.0 Å². The second kappa shape index (κ2) is 10.5. The first-order chi connectivity index (χ1) is 18.9. The molecule has 5 rings (SSSR count). The molecule has 2 aliphatic rings. The second-order valence-corrected chi connectivity index (χ2v) is 9.80. The third-order valence-corrected chi connectivity index (χ3v) is 7.13. The number of aromatic hydroxyl groups is 4. The molecule has 0 spiro atoms. The van der Waals surface area contributed by atoms with Crippen LogP contribution in [0.15, 0.2) is 39.5 Å². The van der Waals surface area contributed by atoms with Crippen LogP contribution in [0.25, 0.3) is 22.3 Å². The van der Waals surface area contributed by atoms with Crippen molar-refractivity contribution >= 4 is 11.0 Å². The van der Waals surface area contributed by atoms with Gasteiger partial charge >= 0.3 is 0 Å². The number of aliphatic hydroxyl groups excluding tert-OH is 5. The third-order valence-electron chi connectivity index (χ3n) is 7.13. The summed E-state index contributed by atoms with van der Waals surface area (Å²) in [6.07, 6.45) is -13.8. The highest BCUT2D eigenvalue weighted by molar-refractivity contribution is 5.88. The third kappa shape index (κ3) is 4.74. The number of rotatable bonds is 4. The number of hydrogen-bond acceptors (Lipinski definition) is 14. The minimum atomic E-state index is -1.78. The van der Waals surface area contributed by atoms with Gasteiger partial charge in [0.25, 0.3) is 0 Å². The van der Waals surface area contributed by atoms with Crippen LogP contribution in [0.4, 0.5) is 0 Å². The molecule has 0 unspecified atom stereocenters. The summed E-state index contributed by atoms with van der Waals surface area (Å²) in [5, 5.41) is 92.4. The Balaban J connectivity index is 1.56. The lowest BCUT2D eigenvalue weighted by Crippen LogP contribution is -2.60. The molecule has 40 heavy (non-hydrogen) atoms. The van der Waals surface area contributed by atoms with Crippen LogP contribution in [-0.4, -0.2) is 102 Å². The summed E-state index contributed by atoms with van der Waals surface area (Å²) >= 11 is 0. The van der Waals surface area contributed by atoms with E-state index >= 15 is 0 Å². The maximum atomic E-state index is 13.1. The molecule has 2 fully saturated rings. The molecule has 2 aromatic carbocycles. The monoisotopic (exact) mass is 564 g/mol. The first kappa shape index (κ1) is 28.1. The Kier molecular flexibility index (Phi) is 7.37. The van der Waals surface area contributed by atoms with Crippen molar-refractivity contribution in [2.24, 2.45) is 0 Å². The van der Waals surface area contributed by atoms with Gasteiger partial charge in [-0.15, -0.1) is 0 Å². The summed E-state index contributed by atoms with van der Waals surface area (Å²) in [5.41, 5.74) is -1.19. The summed E-state index contributed by atoms with van der Waals surface area (Å²) in [4.78, 5) is 13.1. The summed E-state index contributed by atoms with van der Waals surface area (Å²) in [7, 11) is 0. The largest absolute Gasteiger partial charge is 0.507 e. The zero-order valence-corrected chi connectivity index (χ0v) is 20.9. The zero-order valence-electron chi connectivity index (χ0n) is 20.9. The van der Waals surface area contributed by atoms with Crippen molar-refractivity contribution in [2.75, 3.05) is 6.61 Å². The number of phenols is 4. The Morgan fingerprint density at radius 1 is 0.850 bits per heavy atom. The normalized spacial score (nSPS) is 32.8. The molecular formula is C26H28O14. The molecule has 3 heterocycles. The molecule has 2 saturated heterocycles. The van der Waals surface area contributed by atoms with Crippen LogP contribution in [0.5, 0.6) is 23.0 Å². The molecule has 0 aliphatic carbocycles. The first-order valence-electron chi connectivity index (χ1n) is 12.3. The van der Waals surface area contributed by atoms with E-state index in [9.17, 15) is 50.8 Å². The molecule has 3 aromatic rings. The summed E-state index contributed by atoms with van der Waals surface area (Å²) < 4.78 is 22.4. The molecule has 9 atom stereocenters. The van der Waals surface area contributed by atoms with E-state index in [-0.39, 0.29) is 22.3 Å². The van der Waals surface area contributed by atoms with E-state index < -0.39 is 95.7 Å². The predicted molar refractivity (Wildman–Crippen MR) is 133 cm³/mol. The quantitative estimate of drug-likeness (QED) is 0.178. The average Bonchev–Trinajstić information content (AvgIpc) is 2.90. The lowest BCUT2D eigenvalue weighted by Gasteiger charge is -2.44. The molecule has 216 valence electrons. The number of ether oxygens (including phenoxy) is 3. The van der Waals surface area contributed by atoms with Crippen LogP contribution in [0.3, 0.4) is 0 Å². The van der Waals surface area contributed by atoms with Crippen LogP contribution in [0.2, 0.25) is 0 Å². The van der Waals surface area contributed by atoms with Gasteiger partial charge in [0.2, 0.25) is 0 Å². The highest BCUT2D eigenvalue weighted by atomic mass is 16.7. The van der Waals surface area contributed by atoms with Gasteiger partial charge < -0.3 is 64.6 Å². The molecule has 9 N–H and O–H groups in total. The van der Waals surface area contributed by atoms with Gasteiger partial charge in [-0.3, -0.25) is 4.79 Å². The van der Waals surface area contributed by atoms with Crippen molar-refractivity contribution in [3.8, 4) is 34.3 Å². The average molecular weight is 564 g/mol. The Morgan fingerprint density at radius 3 is 2.27 bits per heavy atom. The Labute approximate surface area is 225 Å². The van der Waals surface area contributed by atoms with Gasteiger partial charge in [-0.05, 0) is 25.1 Å². The van der Waals surface area contributed by atoms with Gasteiger partial charge in [0.1, 0.15) is 71.0 Å². The summed E-state index contributed by atoms with van der Waals surface area (Å²) in [6, 6.07) is 5.73. The minimum Gasteiger partial charge on any atom is -0.507 e. The second-order valence-electron chi connectivity index (χ2n) is 9.80. The lowest BCUT2D eigenvalue weighted by molar-refractivity contribution is -0.331. The fourth-order valence-corrected chi connectivity index (χ4v) is 4.88. The van der Waals surface area contributed by atoms with Gasteiger partial charge in [-0.1, -0.05) is 0 Å². The SMILES string of the molecule is C[C@@H]1O[C@@H](O[C@H]2[C@@H](O)[C@@H](O)CO[C@@H]2c2c(O)cc3oc(-c4ccc(O)c(O)c4)cc(=O)c3c2O)[C@@H](O)[C@@H](O)[C@H]1O. The maximum Gasteiger partial charge on any atom is 0.197 e. The summed E-state index contributed by atoms with van der Waals surface area (Å²) in [5.74, 6) is -2.33. The van der Waals surface area contributed by atoms with Crippen LogP contribution < -0.4 is 5.43 Å². The molecule has 0 radical (unpaired) electrons. The molecular weight excluding hydrogens is 536 g/mol. The van der Waals surface area contributed by atoms with Crippen molar-refractivity contribution < 1.29 is 64.6 Å². The van der Waals surface area contributed by atoms with E-state index in [4.69, 9.17) is 18.6 Å². The number of phenolic OH excluding ortho intramolecular Hbond substituents is 4. The molecule has 0 amide bonds. The van der Waals surface area contributed by atoms with Crippen molar-refractivity contribution in [3.05, 3.63) is 46.1 Å². The van der Waals surface area contributed by atoms with E-state index in [0.717, 1.165) is 18.2 Å². The standard InChI is InChI=1S/C26H28O14/c1-8-19(32)22(35)23(36)26(38-8)40-25-20(33)14(31)7-37-24(25)18-13(30)6-16-17(21(18)34)12(29)5-15(39-16)9-2-3-10(27)11(28)4-9/h2-6,8,14,19-20,22-28,30-36H,7H2,1H3/t8-,14-,19-,20-,22-,23-,24+,25-,26-/m0/s1. The first-order valence-corrected chi connectivity index (χ1v) is 12.3. The van der Waals surface area contributed by atoms with E-state index in [2.05, 4.69) is 0 Å². The highest BCUT2D eigenvalue weighted by Gasteiger charge is 2.49. The minimum absolute atomic E-state index is 0.0497. The summed E-state index contributed by atoms with van der Waals surface area (Å²) in [6.45, 7) is 0.941. The Hall–Kier alpha value is -3.47. The topological polar surface area (TPSA) is 240 Å². The van der Waals surface area contributed by atoms with E-state index in [0.29, 0.717) is 0 Å². The Morgan fingerprint density at radius 2 is 1.57 bits per heavy atom. The van der Waals surface area contributed by atoms with Crippen LogP contribution in [0, 0.1) is 0 Å². The van der Waals surface area contributed by atoms with Gasteiger partial charge in [-0.25, -0.2) is 0 Å². The van der Waals surface area contributed by atoms with Crippen molar-refractivity contribution in [1.29, 1.82) is 0 Å². The van der Waals surface area contributed by atoms with Crippen molar-refractivity contribution in [3.63, 3.8) is 0 Å². The molecule has 0 bridgehead atoms. The number of benzene rings is 2. The van der Waals surface area contributed by atoms with Crippen LogP contribution in [-0.2, 0) is 14.2 Å². The molecule has 1 aromatic heterocycles. The van der Waals surface area contributed by atoms with Gasteiger partial charge in [0, 0.05) is 17.7 Å². The van der Waals surface area contributed by atoms with E-state index in [1.165, 1.54) is 19.1 Å². The smallest absolute Gasteiger partial charge is 0.197 e. The predicted octanol–water partition coefficient (Wildman–Crippen LogP) is -0.712. The lowest BCUT2D eigenvalue weighted by atomic mass is 9.91. The molecule has 14 heteroatoms.